The lowest BCUT2D eigenvalue weighted by Crippen LogP contribution is -2.40. The van der Waals surface area contributed by atoms with Gasteiger partial charge in [0.25, 0.3) is 0 Å². The molecule has 0 aliphatic carbocycles. The number of benzene rings is 1. The maximum Gasteiger partial charge on any atom is 0.240 e. The number of ether oxygens (including phenoxy) is 1. The number of hydrogen-bond donors (Lipinski definition) is 3. The van der Waals surface area contributed by atoms with Crippen molar-refractivity contribution in [3.63, 3.8) is 0 Å². The summed E-state index contributed by atoms with van der Waals surface area (Å²) in [5.41, 5.74) is 0.558. The Morgan fingerprint density at radius 2 is 2.00 bits per heavy atom. The molecule has 0 bridgehead atoms. The Bertz CT molecular complexity index is 629. The van der Waals surface area contributed by atoms with Crippen molar-refractivity contribution in [3.8, 4) is 0 Å². The van der Waals surface area contributed by atoms with Crippen LogP contribution < -0.4 is 15.4 Å². The van der Waals surface area contributed by atoms with Gasteiger partial charge in [0.1, 0.15) is 0 Å². The molecule has 1 saturated heterocycles. The van der Waals surface area contributed by atoms with Crippen LogP contribution in [0.15, 0.2) is 29.2 Å². The molecule has 1 aliphatic rings. The molecule has 0 saturated carbocycles. The van der Waals surface area contributed by atoms with Crippen LogP contribution in [0.4, 0.5) is 5.69 Å². The third kappa shape index (κ3) is 6.37. The number of carbonyl (C=O) groups excluding carboxylic acids is 1. The van der Waals surface area contributed by atoms with Gasteiger partial charge in [-0.25, -0.2) is 13.1 Å². The smallest absolute Gasteiger partial charge is 0.240 e. The van der Waals surface area contributed by atoms with E-state index in [0.29, 0.717) is 18.8 Å². The van der Waals surface area contributed by atoms with Gasteiger partial charge in [0, 0.05) is 24.8 Å². The first-order valence-corrected chi connectivity index (χ1v) is 9.10. The molecule has 1 aromatic rings. The van der Waals surface area contributed by atoms with Crippen molar-refractivity contribution in [2.45, 2.75) is 37.3 Å². The van der Waals surface area contributed by atoms with Crippen LogP contribution in [0.5, 0.6) is 0 Å². The van der Waals surface area contributed by atoms with Gasteiger partial charge in [0.2, 0.25) is 15.9 Å². The highest BCUT2D eigenvalue weighted by atomic mass is 35.5. The van der Waals surface area contributed by atoms with Crippen LogP contribution in [-0.4, -0.2) is 46.2 Å². The van der Waals surface area contributed by atoms with Crippen LogP contribution in [-0.2, 0) is 19.6 Å². The number of nitrogens with one attached hydrogen (secondary N) is 3. The summed E-state index contributed by atoms with van der Waals surface area (Å²) in [4.78, 5) is 12.1. The van der Waals surface area contributed by atoms with E-state index < -0.39 is 10.0 Å². The largest absolute Gasteiger partial charge is 0.375 e. The number of morpholine rings is 1. The van der Waals surface area contributed by atoms with Crippen LogP contribution in [0, 0.1) is 0 Å². The minimum Gasteiger partial charge on any atom is -0.375 e. The number of halogens is 1. The molecule has 9 heteroatoms. The van der Waals surface area contributed by atoms with Gasteiger partial charge >= 0.3 is 0 Å². The molecule has 1 amide bonds. The fourth-order valence-corrected chi connectivity index (χ4v) is 3.52. The zero-order valence-electron chi connectivity index (χ0n) is 13.7. The zero-order chi connectivity index (χ0) is 16.9. The van der Waals surface area contributed by atoms with Gasteiger partial charge in [-0.1, -0.05) is 0 Å². The molecule has 0 radical (unpaired) electrons. The molecule has 7 nitrogen and oxygen atoms in total. The highest BCUT2D eigenvalue weighted by Crippen LogP contribution is 2.15. The summed E-state index contributed by atoms with van der Waals surface area (Å²) in [6.45, 7) is 5.58. The van der Waals surface area contributed by atoms with Gasteiger partial charge in [-0.3, -0.25) is 4.79 Å². The number of amides is 1. The van der Waals surface area contributed by atoms with Crippen LogP contribution >= 0.6 is 12.4 Å². The first-order valence-electron chi connectivity index (χ1n) is 7.61. The fraction of sp³-hybridized carbons (Fsp3) is 0.533. The SMILES string of the molecule is CC(C)NS(=O)(=O)c1ccc(NC(=O)CC2CNCCO2)cc1.Cl. The Morgan fingerprint density at radius 3 is 2.54 bits per heavy atom. The van der Waals surface area contributed by atoms with Crippen molar-refractivity contribution < 1.29 is 17.9 Å². The van der Waals surface area contributed by atoms with Gasteiger partial charge in [-0.2, -0.15) is 0 Å². The van der Waals surface area contributed by atoms with E-state index in [-0.39, 0.29) is 41.8 Å². The third-order valence-corrected chi connectivity index (χ3v) is 4.93. The van der Waals surface area contributed by atoms with Gasteiger partial charge in [0.15, 0.2) is 0 Å². The Labute approximate surface area is 149 Å². The van der Waals surface area contributed by atoms with Crippen molar-refractivity contribution in [3.05, 3.63) is 24.3 Å². The molecule has 0 aromatic heterocycles. The summed E-state index contributed by atoms with van der Waals surface area (Å²) < 4.78 is 32.0. The fourth-order valence-electron chi connectivity index (χ4n) is 2.27. The molecule has 3 N–H and O–H groups in total. The topological polar surface area (TPSA) is 96.5 Å². The van der Waals surface area contributed by atoms with Crippen molar-refractivity contribution in [1.29, 1.82) is 0 Å². The molecule has 24 heavy (non-hydrogen) atoms. The van der Waals surface area contributed by atoms with Gasteiger partial charge in [-0.05, 0) is 38.1 Å². The van der Waals surface area contributed by atoms with E-state index in [4.69, 9.17) is 4.74 Å². The lowest BCUT2D eigenvalue weighted by Gasteiger charge is -2.23. The van der Waals surface area contributed by atoms with E-state index in [1.54, 1.807) is 26.0 Å². The molecule has 1 atom stereocenters. The lowest BCUT2D eigenvalue weighted by molar-refractivity contribution is -0.119. The first-order chi connectivity index (χ1) is 10.9. The van der Waals surface area contributed by atoms with E-state index in [1.807, 2.05) is 0 Å². The minimum atomic E-state index is -3.52. The minimum absolute atomic E-state index is 0. The molecular weight excluding hydrogens is 354 g/mol. The van der Waals surface area contributed by atoms with E-state index in [1.165, 1.54) is 12.1 Å². The van der Waals surface area contributed by atoms with Crippen molar-refractivity contribution >= 4 is 34.0 Å². The standard InChI is InChI=1S/C15H23N3O4S.ClH/c1-11(2)18-23(20,21)14-5-3-12(4-6-14)17-15(19)9-13-10-16-7-8-22-13;/h3-6,11,13,16,18H,7-10H2,1-2H3,(H,17,19);1H. The number of sulfonamides is 1. The number of carbonyl (C=O) groups is 1. The maximum atomic E-state index is 12.0. The highest BCUT2D eigenvalue weighted by molar-refractivity contribution is 7.89. The first kappa shape index (κ1) is 20.9. The maximum absolute atomic E-state index is 12.0. The predicted molar refractivity (Wildman–Crippen MR) is 95.0 cm³/mol. The third-order valence-electron chi connectivity index (χ3n) is 3.26. The van der Waals surface area contributed by atoms with Crippen molar-refractivity contribution in [2.75, 3.05) is 25.0 Å². The second-order valence-corrected chi connectivity index (χ2v) is 7.46. The Balaban J connectivity index is 0.00000288. The molecule has 0 spiro atoms. The second kappa shape index (κ2) is 9.33. The molecule has 1 aliphatic heterocycles. The van der Waals surface area contributed by atoms with Gasteiger partial charge in [0.05, 0.1) is 24.0 Å². The predicted octanol–water partition coefficient (Wildman–Crippen LogP) is 1.11. The molecule has 1 heterocycles. The van der Waals surface area contributed by atoms with E-state index in [9.17, 15) is 13.2 Å². The quantitative estimate of drug-likeness (QED) is 0.690. The average Bonchev–Trinajstić information content (AvgIpc) is 2.47. The summed E-state index contributed by atoms with van der Waals surface area (Å²) in [6, 6.07) is 5.92. The number of anilines is 1. The summed E-state index contributed by atoms with van der Waals surface area (Å²) in [5, 5.41) is 5.91. The number of rotatable bonds is 6. The summed E-state index contributed by atoms with van der Waals surface area (Å²) in [6.07, 6.45) is 0.140. The Morgan fingerprint density at radius 1 is 1.33 bits per heavy atom. The van der Waals surface area contributed by atoms with E-state index in [2.05, 4.69) is 15.4 Å². The van der Waals surface area contributed by atoms with E-state index in [0.717, 1.165) is 6.54 Å². The molecule has 1 fully saturated rings. The van der Waals surface area contributed by atoms with Crippen LogP contribution in [0.1, 0.15) is 20.3 Å². The average molecular weight is 378 g/mol. The van der Waals surface area contributed by atoms with Gasteiger partial charge in [-0.15, -0.1) is 12.4 Å². The van der Waals surface area contributed by atoms with Crippen LogP contribution in [0.2, 0.25) is 0 Å². The summed E-state index contributed by atoms with van der Waals surface area (Å²) in [7, 11) is -3.52. The molecular formula is C15H24ClN3O4S. The lowest BCUT2D eigenvalue weighted by atomic mass is 10.2. The molecule has 1 aromatic carbocycles. The molecule has 2 rings (SSSR count). The van der Waals surface area contributed by atoms with Crippen LogP contribution in [0.25, 0.3) is 0 Å². The Kier molecular flexibility index (Phi) is 8.11. The normalized spacial score (nSPS) is 18.0. The summed E-state index contributed by atoms with van der Waals surface area (Å²) in [5.74, 6) is -0.158. The van der Waals surface area contributed by atoms with Crippen LogP contribution in [0.3, 0.4) is 0 Å². The van der Waals surface area contributed by atoms with E-state index >= 15 is 0 Å². The zero-order valence-corrected chi connectivity index (χ0v) is 15.4. The monoisotopic (exact) mass is 377 g/mol. The van der Waals surface area contributed by atoms with Crippen molar-refractivity contribution in [1.82, 2.24) is 10.0 Å². The molecule has 1 unspecified atom stereocenters. The van der Waals surface area contributed by atoms with Crippen molar-refractivity contribution in [2.24, 2.45) is 0 Å². The van der Waals surface area contributed by atoms with Gasteiger partial charge < -0.3 is 15.4 Å². The molecule has 136 valence electrons. The number of hydrogen-bond acceptors (Lipinski definition) is 5. The highest BCUT2D eigenvalue weighted by Gasteiger charge is 2.18. The Hall–Kier alpha value is -1.19. The summed E-state index contributed by atoms with van der Waals surface area (Å²) >= 11 is 0. The second-order valence-electron chi connectivity index (χ2n) is 5.75.